The minimum absolute atomic E-state index is 0.0545. The van der Waals surface area contributed by atoms with Crippen molar-refractivity contribution >= 4 is 11.7 Å². The van der Waals surface area contributed by atoms with Crippen LogP contribution in [0.3, 0.4) is 0 Å². The van der Waals surface area contributed by atoms with Gasteiger partial charge in [-0.3, -0.25) is 14.5 Å². The predicted molar refractivity (Wildman–Crippen MR) is 129 cm³/mol. The molecule has 2 aliphatic rings. The lowest BCUT2D eigenvalue weighted by atomic mass is 9.76. The number of rotatable bonds is 8. The van der Waals surface area contributed by atoms with E-state index in [1.54, 1.807) is 6.92 Å². The van der Waals surface area contributed by atoms with E-state index in [2.05, 4.69) is 17.3 Å². The summed E-state index contributed by atoms with van der Waals surface area (Å²) in [7, 11) is 2.13. The van der Waals surface area contributed by atoms with Gasteiger partial charge in [0.2, 0.25) is 0 Å². The van der Waals surface area contributed by atoms with Crippen LogP contribution >= 0.6 is 0 Å². The SMILES string of the molecule is Cc1c(C(=O)NCc2cccc(OCCN(C)C3CCOCC3)c2)oc2c1C(=O)CC(C)(C)C2. The molecule has 7 heteroatoms. The zero-order chi connectivity index (χ0) is 24.3. The maximum Gasteiger partial charge on any atom is 0.287 e. The third-order valence-electron chi connectivity index (χ3n) is 6.86. The van der Waals surface area contributed by atoms with E-state index in [-0.39, 0.29) is 22.9 Å². The molecule has 1 aliphatic carbocycles. The Morgan fingerprint density at radius 3 is 2.76 bits per heavy atom. The number of carbonyl (C=O) groups excluding carboxylic acids is 2. The summed E-state index contributed by atoms with van der Waals surface area (Å²) in [6.45, 7) is 9.35. The summed E-state index contributed by atoms with van der Waals surface area (Å²) >= 11 is 0. The number of furan rings is 1. The van der Waals surface area contributed by atoms with Crippen molar-refractivity contribution in [3.63, 3.8) is 0 Å². The van der Waals surface area contributed by atoms with Crippen molar-refractivity contribution in [2.75, 3.05) is 33.4 Å². The van der Waals surface area contributed by atoms with Crippen LogP contribution in [0, 0.1) is 12.3 Å². The molecule has 0 radical (unpaired) electrons. The van der Waals surface area contributed by atoms with Crippen molar-refractivity contribution < 1.29 is 23.5 Å². The van der Waals surface area contributed by atoms with Crippen molar-refractivity contribution in [2.45, 2.75) is 59.0 Å². The molecular formula is C27H36N2O5. The Kier molecular flexibility index (Phi) is 7.43. The first kappa shape index (κ1) is 24.5. The number of ether oxygens (including phenoxy) is 2. The van der Waals surface area contributed by atoms with Crippen LogP contribution in [0.15, 0.2) is 28.7 Å². The number of amides is 1. The maximum atomic E-state index is 12.8. The monoisotopic (exact) mass is 468 g/mol. The van der Waals surface area contributed by atoms with Crippen LogP contribution in [0.25, 0.3) is 0 Å². The second-order valence-electron chi connectivity index (χ2n) is 10.3. The fourth-order valence-electron chi connectivity index (χ4n) is 4.92. The highest BCUT2D eigenvalue weighted by molar-refractivity contribution is 6.03. The Morgan fingerprint density at radius 2 is 2.00 bits per heavy atom. The lowest BCUT2D eigenvalue weighted by Crippen LogP contribution is -2.38. The lowest BCUT2D eigenvalue weighted by molar-refractivity contribution is 0.0392. The minimum Gasteiger partial charge on any atom is -0.492 e. The molecule has 1 amide bonds. The van der Waals surface area contributed by atoms with Crippen LogP contribution in [0.2, 0.25) is 0 Å². The number of hydrogen-bond donors (Lipinski definition) is 1. The molecule has 0 saturated carbocycles. The molecule has 34 heavy (non-hydrogen) atoms. The van der Waals surface area contributed by atoms with Gasteiger partial charge in [-0.25, -0.2) is 0 Å². The van der Waals surface area contributed by atoms with E-state index in [0.29, 0.717) is 48.9 Å². The van der Waals surface area contributed by atoms with Crippen LogP contribution in [-0.2, 0) is 17.7 Å². The van der Waals surface area contributed by atoms with Gasteiger partial charge in [-0.05, 0) is 49.9 Å². The van der Waals surface area contributed by atoms with E-state index in [0.717, 1.165) is 43.9 Å². The smallest absolute Gasteiger partial charge is 0.287 e. The van der Waals surface area contributed by atoms with Gasteiger partial charge < -0.3 is 19.2 Å². The average Bonchev–Trinajstić information content (AvgIpc) is 3.13. The molecule has 0 unspecified atom stereocenters. The zero-order valence-corrected chi connectivity index (χ0v) is 20.7. The third-order valence-corrected chi connectivity index (χ3v) is 6.86. The van der Waals surface area contributed by atoms with Gasteiger partial charge in [0, 0.05) is 50.8 Å². The summed E-state index contributed by atoms with van der Waals surface area (Å²) in [5, 5.41) is 2.93. The highest BCUT2D eigenvalue weighted by Gasteiger charge is 2.37. The van der Waals surface area contributed by atoms with Crippen LogP contribution in [0.5, 0.6) is 5.75 Å². The van der Waals surface area contributed by atoms with Gasteiger partial charge in [0.25, 0.3) is 5.91 Å². The molecule has 1 saturated heterocycles. The van der Waals surface area contributed by atoms with Crippen LogP contribution in [0.4, 0.5) is 0 Å². The molecule has 1 aliphatic heterocycles. The van der Waals surface area contributed by atoms with Gasteiger partial charge in [-0.2, -0.15) is 0 Å². The molecule has 1 N–H and O–H groups in total. The Balaban J connectivity index is 1.31. The number of benzene rings is 1. The third kappa shape index (κ3) is 5.70. The molecule has 7 nitrogen and oxygen atoms in total. The minimum atomic E-state index is -0.304. The van der Waals surface area contributed by atoms with Gasteiger partial charge in [0.05, 0.1) is 5.56 Å². The van der Waals surface area contributed by atoms with Crippen molar-refractivity contribution in [3.8, 4) is 5.75 Å². The Labute approximate surface area is 201 Å². The Bertz CT molecular complexity index is 1040. The van der Waals surface area contributed by atoms with Gasteiger partial charge in [0.15, 0.2) is 11.5 Å². The summed E-state index contributed by atoms with van der Waals surface area (Å²) in [5.74, 6) is 1.40. The second kappa shape index (κ2) is 10.3. The highest BCUT2D eigenvalue weighted by atomic mass is 16.5. The van der Waals surface area contributed by atoms with Gasteiger partial charge >= 0.3 is 0 Å². The van der Waals surface area contributed by atoms with Crippen molar-refractivity contribution in [1.29, 1.82) is 0 Å². The molecule has 0 spiro atoms. The molecule has 0 atom stereocenters. The molecule has 1 aromatic carbocycles. The first-order valence-electron chi connectivity index (χ1n) is 12.2. The molecule has 1 fully saturated rings. The summed E-state index contributed by atoms with van der Waals surface area (Å²) in [5.41, 5.74) is 2.02. The number of ketones is 1. The predicted octanol–water partition coefficient (Wildman–Crippen LogP) is 4.16. The standard InChI is InChI=1S/C27H36N2O5/c1-18-24-22(30)15-27(2,3)16-23(24)34-25(18)26(31)28-17-19-6-5-7-21(14-19)33-13-10-29(4)20-8-11-32-12-9-20/h5-7,14,20H,8-13,15-17H2,1-4H3,(H,28,31). The normalized spacial score (nSPS) is 18.1. The summed E-state index contributed by atoms with van der Waals surface area (Å²) in [4.78, 5) is 27.8. The van der Waals surface area contributed by atoms with Gasteiger partial charge in [-0.15, -0.1) is 0 Å². The lowest BCUT2D eigenvalue weighted by Gasteiger charge is -2.31. The molecule has 4 rings (SSSR count). The van der Waals surface area contributed by atoms with E-state index in [1.165, 1.54) is 0 Å². The average molecular weight is 469 g/mol. The number of likely N-dealkylation sites (N-methyl/N-ethyl adjacent to an activating group) is 1. The topological polar surface area (TPSA) is 81.0 Å². The highest BCUT2D eigenvalue weighted by Crippen LogP contribution is 2.38. The first-order valence-corrected chi connectivity index (χ1v) is 12.2. The number of carbonyl (C=O) groups is 2. The quantitative estimate of drug-likeness (QED) is 0.627. The second-order valence-corrected chi connectivity index (χ2v) is 10.3. The Morgan fingerprint density at radius 1 is 1.24 bits per heavy atom. The van der Waals surface area contributed by atoms with Crippen LogP contribution in [0.1, 0.15) is 70.9 Å². The van der Waals surface area contributed by atoms with Gasteiger partial charge in [-0.1, -0.05) is 26.0 Å². The first-order chi connectivity index (χ1) is 16.2. The number of hydrogen-bond acceptors (Lipinski definition) is 6. The zero-order valence-electron chi connectivity index (χ0n) is 20.7. The maximum absolute atomic E-state index is 12.8. The summed E-state index contributed by atoms with van der Waals surface area (Å²) < 4.78 is 17.3. The Hall–Kier alpha value is -2.64. The molecule has 184 valence electrons. The van der Waals surface area contributed by atoms with Crippen LogP contribution in [-0.4, -0.2) is 56.0 Å². The van der Waals surface area contributed by atoms with E-state index < -0.39 is 0 Å². The summed E-state index contributed by atoms with van der Waals surface area (Å²) in [6.07, 6.45) is 3.26. The van der Waals surface area contributed by atoms with E-state index in [1.807, 2.05) is 38.1 Å². The number of nitrogens with one attached hydrogen (secondary N) is 1. The number of nitrogens with zero attached hydrogens (tertiary/aromatic N) is 1. The molecule has 2 heterocycles. The number of Topliss-reactive ketones (excluding diaryl/α,β-unsaturated/α-hetero) is 1. The number of fused-ring (bicyclic) bond motifs is 1. The van der Waals surface area contributed by atoms with Crippen molar-refractivity contribution in [3.05, 3.63) is 52.5 Å². The molecular weight excluding hydrogens is 432 g/mol. The van der Waals surface area contributed by atoms with E-state index in [4.69, 9.17) is 13.9 Å². The van der Waals surface area contributed by atoms with Gasteiger partial charge in [0.1, 0.15) is 18.1 Å². The van der Waals surface area contributed by atoms with Crippen molar-refractivity contribution in [2.24, 2.45) is 5.41 Å². The fourth-order valence-corrected chi connectivity index (χ4v) is 4.92. The van der Waals surface area contributed by atoms with Crippen LogP contribution < -0.4 is 10.1 Å². The largest absolute Gasteiger partial charge is 0.492 e. The van der Waals surface area contributed by atoms with Crippen molar-refractivity contribution in [1.82, 2.24) is 10.2 Å². The fraction of sp³-hybridized carbons (Fsp3) is 0.556. The molecule has 0 bridgehead atoms. The molecule has 1 aromatic heterocycles. The van der Waals surface area contributed by atoms with E-state index >= 15 is 0 Å². The molecule has 2 aromatic rings. The van der Waals surface area contributed by atoms with E-state index in [9.17, 15) is 9.59 Å². The summed E-state index contributed by atoms with van der Waals surface area (Å²) in [6, 6.07) is 8.30.